The van der Waals surface area contributed by atoms with Crippen molar-refractivity contribution in [3.8, 4) is 11.4 Å². The molecule has 0 fully saturated rings. The molecule has 0 radical (unpaired) electrons. The van der Waals surface area contributed by atoms with Crippen LogP contribution in [0.4, 0.5) is 0 Å². The van der Waals surface area contributed by atoms with Gasteiger partial charge in [-0.2, -0.15) is 0 Å². The first kappa shape index (κ1) is 15.5. The maximum atomic E-state index is 4.52. The first-order valence-electron chi connectivity index (χ1n) is 7.89. The number of nitrogens with zero attached hydrogens (tertiary/aromatic N) is 5. The normalized spacial score (nSPS) is 12.7. The quantitative estimate of drug-likeness (QED) is 0.702. The highest BCUT2D eigenvalue weighted by molar-refractivity contribution is 5.56. The second-order valence-electron chi connectivity index (χ2n) is 6.01. The molecule has 2 heterocycles. The highest BCUT2D eigenvalue weighted by Crippen LogP contribution is 2.22. The highest BCUT2D eigenvalue weighted by Gasteiger charge is 2.10. The van der Waals surface area contributed by atoms with E-state index in [4.69, 9.17) is 0 Å². The average Bonchev–Trinajstić information content (AvgIpc) is 3.23. The van der Waals surface area contributed by atoms with Crippen LogP contribution < -0.4 is 0 Å². The third-order valence-corrected chi connectivity index (χ3v) is 4.30. The maximum absolute atomic E-state index is 4.52. The van der Waals surface area contributed by atoms with Crippen LogP contribution in [0, 0.1) is 0 Å². The van der Waals surface area contributed by atoms with Gasteiger partial charge in [0.1, 0.15) is 5.82 Å². The van der Waals surface area contributed by atoms with Gasteiger partial charge in [-0.1, -0.05) is 24.3 Å². The van der Waals surface area contributed by atoms with Crippen LogP contribution in [0.1, 0.15) is 18.5 Å². The molecule has 1 atom stereocenters. The van der Waals surface area contributed by atoms with Gasteiger partial charge >= 0.3 is 0 Å². The summed E-state index contributed by atoms with van der Waals surface area (Å²) < 4.78 is 4.26. The molecule has 1 unspecified atom stereocenters. The summed E-state index contributed by atoms with van der Waals surface area (Å²) >= 11 is 0. The van der Waals surface area contributed by atoms with Gasteiger partial charge in [-0.25, -0.2) is 9.97 Å². The lowest BCUT2D eigenvalue weighted by molar-refractivity contribution is 0.321. The van der Waals surface area contributed by atoms with Gasteiger partial charge in [0.2, 0.25) is 0 Å². The molecule has 0 saturated carbocycles. The third-order valence-electron chi connectivity index (χ3n) is 4.30. The Morgan fingerprint density at radius 2 is 1.83 bits per heavy atom. The molecule has 0 bridgehead atoms. The number of aryl methyl sites for hydroxylation is 2. The summed E-state index contributed by atoms with van der Waals surface area (Å²) in [7, 11) is 4.20. The standard InChI is InChI=1S/C18H23N5/c1-15(21(2)3)16-4-6-17(7-5-16)18-20-9-11-23(18)13-12-22-10-8-19-14-22/h4-11,14-15H,12-13H2,1-3H3. The van der Waals surface area contributed by atoms with E-state index in [9.17, 15) is 0 Å². The number of benzene rings is 1. The SMILES string of the molecule is CC(c1ccc(-c2nccn2CCn2ccnc2)cc1)N(C)C. The van der Waals surface area contributed by atoms with Gasteiger partial charge in [0.05, 0.1) is 6.33 Å². The summed E-state index contributed by atoms with van der Waals surface area (Å²) in [5.41, 5.74) is 2.46. The molecule has 0 N–H and O–H groups in total. The van der Waals surface area contributed by atoms with E-state index in [0.29, 0.717) is 6.04 Å². The van der Waals surface area contributed by atoms with Gasteiger partial charge in [0.15, 0.2) is 0 Å². The fourth-order valence-electron chi connectivity index (χ4n) is 2.60. The summed E-state index contributed by atoms with van der Waals surface area (Å²) in [6.45, 7) is 3.97. The molecule has 0 aliphatic heterocycles. The Hall–Kier alpha value is -2.40. The number of hydrogen-bond donors (Lipinski definition) is 0. The Morgan fingerprint density at radius 1 is 1.04 bits per heavy atom. The third kappa shape index (κ3) is 3.51. The number of aromatic nitrogens is 4. The van der Waals surface area contributed by atoms with Crippen molar-refractivity contribution in [1.82, 2.24) is 24.0 Å². The van der Waals surface area contributed by atoms with Crippen molar-refractivity contribution in [2.45, 2.75) is 26.1 Å². The number of imidazole rings is 2. The predicted octanol–water partition coefficient (Wildman–Crippen LogP) is 3.07. The van der Waals surface area contributed by atoms with E-state index in [0.717, 1.165) is 24.5 Å². The highest BCUT2D eigenvalue weighted by atomic mass is 15.1. The lowest BCUT2D eigenvalue weighted by atomic mass is 10.1. The monoisotopic (exact) mass is 309 g/mol. The van der Waals surface area contributed by atoms with Gasteiger partial charge in [0, 0.05) is 49.5 Å². The van der Waals surface area contributed by atoms with Crippen molar-refractivity contribution in [3.05, 3.63) is 60.9 Å². The van der Waals surface area contributed by atoms with Crippen molar-refractivity contribution in [3.63, 3.8) is 0 Å². The van der Waals surface area contributed by atoms with Crippen LogP contribution in [-0.2, 0) is 13.1 Å². The predicted molar refractivity (Wildman–Crippen MR) is 92.0 cm³/mol. The molecule has 0 aliphatic rings. The average molecular weight is 309 g/mol. The molecule has 2 aromatic heterocycles. The van der Waals surface area contributed by atoms with Crippen molar-refractivity contribution < 1.29 is 0 Å². The minimum absolute atomic E-state index is 0.407. The molecule has 5 heteroatoms. The molecule has 0 spiro atoms. The van der Waals surface area contributed by atoms with Crippen molar-refractivity contribution in [1.29, 1.82) is 0 Å². The molecule has 0 saturated heterocycles. The van der Waals surface area contributed by atoms with Crippen LogP contribution in [0.3, 0.4) is 0 Å². The summed E-state index contributed by atoms with van der Waals surface area (Å²) in [5, 5.41) is 0. The molecule has 3 aromatic rings. The van der Waals surface area contributed by atoms with Crippen LogP contribution in [0.2, 0.25) is 0 Å². The van der Waals surface area contributed by atoms with Gasteiger partial charge in [-0.15, -0.1) is 0 Å². The maximum Gasteiger partial charge on any atom is 0.139 e. The molecule has 0 aliphatic carbocycles. The molecule has 1 aromatic carbocycles. The van der Waals surface area contributed by atoms with E-state index in [1.807, 2.05) is 24.9 Å². The topological polar surface area (TPSA) is 38.9 Å². The molecule has 3 rings (SSSR count). The zero-order valence-electron chi connectivity index (χ0n) is 13.9. The van der Waals surface area contributed by atoms with Crippen molar-refractivity contribution in [2.24, 2.45) is 0 Å². The van der Waals surface area contributed by atoms with Crippen LogP contribution in [-0.4, -0.2) is 38.1 Å². The Kier molecular flexibility index (Phi) is 4.57. The fraction of sp³-hybridized carbons (Fsp3) is 0.333. The Morgan fingerprint density at radius 3 is 2.48 bits per heavy atom. The molecule has 120 valence electrons. The largest absolute Gasteiger partial charge is 0.336 e. The van der Waals surface area contributed by atoms with Gasteiger partial charge in [-0.05, 0) is 26.6 Å². The van der Waals surface area contributed by atoms with Crippen LogP contribution in [0.5, 0.6) is 0 Å². The van der Waals surface area contributed by atoms with E-state index in [1.54, 1.807) is 6.20 Å². The fourth-order valence-corrected chi connectivity index (χ4v) is 2.60. The van der Waals surface area contributed by atoms with Gasteiger partial charge in [0.25, 0.3) is 0 Å². The van der Waals surface area contributed by atoms with E-state index in [-0.39, 0.29) is 0 Å². The minimum Gasteiger partial charge on any atom is -0.336 e. The molecule has 0 amide bonds. The Balaban J connectivity index is 1.76. The Bertz CT molecular complexity index is 725. The smallest absolute Gasteiger partial charge is 0.139 e. The molecule has 5 nitrogen and oxygen atoms in total. The Labute approximate surface area is 137 Å². The molecular formula is C18H23N5. The van der Waals surface area contributed by atoms with Crippen molar-refractivity contribution >= 4 is 0 Å². The molecule has 23 heavy (non-hydrogen) atoms. The van der Waals surface area contributed by atoms with E-state index >= 15 is 0 Å². The van der Waals surface area contributed by atoms with Crippen LogP contribution in [0.15, 0.2) is 55.4 Å². The van der Waals surface area contributed by atoms with Gasteiger partial charge < -0.3 is 14.0 Å². The van der Waals surface area contributed by atoms with E-state index in [1.165, 1.54) is 5.56 Å². The van der Waals surface area contributed by atoms with Crippen molar-refractivity contribution in [2.75, 3.05) is 14.1 Å². The number of rotatable bonds is 6. The van der Waals surface area contributed by atoms with Crippen LogP contribution >= 0.6 is 0 Å². The van der Waals surface area contributed by atoms with Crippen LogP contribution in [0.25, 0.3) is 11.4 Å². The molecular weight excluding hydrogens is 286 g/mol. The second kappa shape index (κ2) is 6.79. The van der Waals surface area contributed by atoms with E-state index in [2.05, 4.69) is 69.3 Å². The summed E-state index contributed by atoms with van der Waals surface area (Å²) in [6.07, 6.45) is 9.52. The zero-order chi connectivity index (χ0) is 16.2. The first-order valence-corrected chi connectivity index (χ1v) is 7.89. The lowest BCUT2D eigenvalue weighted by Gasteiger charge is -2.20. The van der Waals surface area contributed by atoms with E-state index < -0.39 is 0 Å². The lowest BCUT2D eigenvalue weighted by Crippen LogP contribution is -2.16. The summed E-state index contributed by atoms with van der Waals surface area (Å²) in [6, 6.07) is 9.10. The van der Waals surface area contributed by atoms with Gasteiger partial charge in [-0.3, -0.25) is 0 Å². The summed E-state index contributed by atoms with van der Waals surface area (Å²) in [4.78, 5) is 10.8. The minimum atomic E-state index is 0.407. The summed E-state index contributed by atoms with van der Waals surface area (Å²) in [5.74, 6) is 1.01. The first-order chi connectivity index (χ1) is 11.1. The second-order valence-corrected chi connectivity index (χ2v) is 6.01. The zero-order valence-corrected chi connectivity index (χ0v) is 13.9. The number of hydrogen-bond acceptors (Lipinski definition) is 3.